The second-order valence-corrected chi connectivity index (χ2v) is 10.6. The van der Waals surface area contributed by atoms with Gasteiger partial charge in [0.15, 0.2) is 11.5 Å². The lowest BCUT2D eigenvalue weighted by molar-refractivity contribution is -0.143. The molecule has 1 aliphatic carbocycles. The van der Waals surface area contributed by atoms with Crippen molar-refractivity contribution < 1.29 is 23.8 Å². The highest BCUT2D eigenvalue weighted by Gasteiger charge is 2.37. The van der Waals surface area contributed by atoms with Crippen LogP contribution in [-0.2, 0) is 35.6 Å². The Morgan fingerprint density at radius 2 is 1.65 bits per heavy atom. The number of hydrogen-bond donors (Lipinski definition) is 1. The third-order valence-corrected chi connectivity index (χ3v) is 7.81. The average Bonchev–Trinajstić information content (AvgIpc) is 2.99. The summed E-state index contributed by atoms with van der Waals surface area (Å²) in [5.74, 6) is 0.965. The molecule has 1 amide bonds. The Balaban J connectivity index is 1.29. The standard InChI is InChI=1S/C33H38N2O5/c1-2-17-35-18-9-14-27-19-28-26(20-29(27)35)15-16-30(38-22-24-10-5-3-6-11-24)32(28)40-33(37)34-21-31(36)39-23-25-12-7-4-8-13-25/h3-8,10-13,15-16,27,29H,2,9,14,17-23H2,1H3,(H,34,37). The van der Waals surface area contributed by atoms with Gasteiger partial charge in [-0.3, -0.25) is 9.69 Å². The number of nitrogens with one attached hydrogen (secondary N) is 1. The first-order valence-corrected chi connectivity index (χ1v) is 14.3. The fourth-order valence-electron chi connectivity index (χ4n) is 5.88. The van der Waals surface area contributed by atoms with Gasteiger partial charge in [0.2, 0.25) is 0 Å². The molecule has 3 aromatic rings. The highest BCUT2D eigenvalue weighted by molar-refractivity contribution is 5.79. The number of likely N-dealkylation sites (tertiary alicyclic amines) is 1. The van der Waals surface area contributed by atoms with E-state index in [0.717, 1.165) is 55.5 Å². The van der Waals surface area contributed by atoms with Crippen LogP contribution in [0.15, 0.2) is 72.8 Å². The van der Waals surface area contributed by atoms with Gasteiger partial charge in [0, 0.05) is 11.6 Å². The number of ether oxygens (including phenoxy) is 3. The maximum absolute atomic E-state index is 12.9. The summed E-state index contributed by atoms with van der Waals surface area (Å²) in [5.41, 5.74) is 4.14. The van der Waals surface area contributed by atoms with Crippen molar-refractivity contribution in [3.63, 3.8) is 0 Å². The Morgan fingerprint density at radius 3 is 2.38 bits per heavy atom. The fourth-order valence-corrected chi connectivity index (χ4v) is 5.88. The first-order valence-electron chi connectivity index (χ1n) is 14.3. The number of carbonyl (C=O) groups excluding carboxylic acids is 2. The van der Waals surface area contributed by atoms with E-state index in [0.29, 0.717) is 30.1 Å². The Bertz CT molecular complexity index is 1280. The topological polar surface area (TPSA) is 77.1 Å². The molecule has 0 spiro atoms. The van der Waals surface area contributed by atoms with Crippen LogP contribution in [0.1, 0.15) is 48.4 Å². The molecule has 1 fully saturated rings. The molecule has 5 rings (SSSR count). The lowest BCUT2D eigenvalue weighted by Gasteiger charge is -2.45. The number of esters is 1. The second-order valence-electron chi connectivity index (χ2n) is 10.6. The number of benzene rings is 3. The van der Waals surface area contributed by atoms with Gasteiger partial charge in [-0.25, -0.2) is 4.79 Å². The molecule has 1 saturated heterocycles. The van der Waals surface area contributed by atoms with Crippen molar-refractivity contribution in [3.05, 3.63) is 95.1 Å². The first-order chi connectivity index (χ1) is 19.6. The van der Waals surface area contributed by atoms with Crippen molar-refractivity contribution >= 4 is 12.1 Å². The normalized spacial score (nSPS) is 18.2. The molecule has 210 valence electrons. The smallest absolute Gasteiger partial charge is 0.413 e. The van der Waals surface area contributed by atoms with E-state index in [2.05, 4.69) is 23.2 Å². The van der Waals surface area contributed by atoms with Crippen molar-refractivity contribution in [1.29, 1.82) is 0 Å². The van der Waals surface area contributed by atoms with Crippen LogP contribution in [0.2, 0.25) is 0 Å². The summed E-state index contributed by atoms with van der Waals surface area (Å²) in [6, 6.07) is 23.9. The number of piperidine rings is 1. The van der Waals surface area contributed by atoms with Gasteiger partial charge in [0.05, 0.1) is 0 Å². The van der Waals surface area contributed by atoms with Gasteiger partial charge in [-0.05, 0) is 73.9 Å². The molecular formula is C33H38N2O5. The van der Waals surface area contributed by atoms with Crippen LogP contribution in [0.3, 0.4) is 0 Å². The van der Waals surface area contributed by atoms with E-state index in [1.807, 2.05) is 66.7 Å². The highest BCUT2D eigenvalue weighted by Crippen LogP contribution is 2.43. The Hall–Kier alpha value is -3.84. The van der Waals surface area contributed by atoms with Crippen molar-refractivity contribution in [2.45, 2.75) is 58.3 Å². The van der Waals surface area contributed by atoms with E-state index in [-0.39, 0.29) is 13.2 Å². The maximum Gasteiger partial charge on any atom is 0.413 e. The van der Waals surface area contributed by atoms with E-state index < -0.39 is 12.1 Å². The zero-order chi connectivity index (χ0) is 27.7. The monoisotopic (exact) mass is 542 g/mol. The molecule has 0 radical (unpaired) electrons. The molecule has 2 unspecified atom stereocenters. The number of nitrogens with zero attached hydrogens (tertiary/aromatic N) is 1. The number of hydrogen-bond acceptors (Lipinski definition) is 6. The van der Waals surface area contributed by atoms with Crippen LogP contribution >= 0.6 is 0 Å². The first kappa shape index (κ1) is 27.7. The molecule has 2 atom stereocenters. The minimum atomic E-state index is -0.701. The van der Waals surface area contributed by atoms with Gasteiger partial charge < -0.3 is 19.5 Å². The molecule has 7 heteroatoms. The molecular weight excluding hydrogens is 504 g/mol. The summed E-state index contributed by atoms with van der Waals surface area (Å²) in [7, 11) is 0. The van der Waals surface area contributed by atoms with Crippen LogP contribution in [0.4, 0.5) is 4.79 Å². The number of amides is 1. The zero-order valence-electron chi connectivity index (χ0n) is 23.1. The minimum Gasteiger partial charge on any atom is -0.485 e. The van der Waals surface area contributed by atoms with Crippen LogP contribution < -0.4 is 14.8 Å². The molecule has 1 aliphatic heterocycles. The van der Waals surface area contributed by atoms with E-state index in [1.54, 1.807) is 0 Å². The van der Waals surface area contributed by atoms with Gasteiger partial charge in [-0.2, -0.15) is 0 Å². The summed E-state index contributed by atoms with van der Waals surface area (Å²) in [4.78, 5) is 27.8. The van der Waals surface area contributed by atoms with Crippen LogP contribution in [0.25, 0.3) is 0 Å². The van der Waals surface area contributed by atoms with Gasteiger partial charge in [-0.15, -0.1) is 0 Å². The summed E-state index contributed by atoms with van der Waals surface area (Å²) < 4.78 is 17.4. The predicted molar refractivity (Wildman–Crippen MR) is 153 cm³/mol. The third kappa shape index (κ3) is 7.02. The number of rotatable bonds is 10. The molecule has 7 nitrogen and oxygen atoms in total. The summed E-state index contributed by atoms with van der Waals surface area (Å²) in [5, 5.41) is 2.56. The van der Waals surface area contributed by atoms with Gasteiger partial charge in [0.25, 0.3) is 0 Å². The van der Waals surface area contributed by atoms with E-state index in [4.69, 9.17) is 14.2 Å². The zero-order valence-corrected chi connectivity index (χ0v) is 23.1. The molecule has 0 saturated carbocycles. The minimum absolute atomic E-state index is 0.150. The summed E-state index contributed by atoms with van der Waals surface area (Å²) in [6.07, 6.45) is 4.56. The van der Waals surface area contributed by atoms with Crippen LogP contribution in [0.5, 0.6) is 11.5 Å². The lowest BCUT2D eigenvalue weighted by atomic mass is 9.75. The number of carbonyl (C=O) groups is 2. The predicted octanol–water partition coefficient (Wildman–Crippen LogP) is 5.69. The van der Waals surface area contributed by atoms with Gasteiger partial charge in [-0.1, -0.05) is 73.7 Å². The molecule has 1 N–H and O–H groups in total. The van der Waals surface area contributed by atoms with Crippen LogP contribution in [-0.4, -0.2) is 42.6 Å². The fraction of sp³-hybridized carbons (Fsp3) is 0.394. The van der Waals surface area contributed by atoms with E-state index >= 15 is 0 Å². The second kappa shape index (κ2) is 13.5. The molecule has 40 heavy (non-hydrogen) atoms. The van der Waals surface area contributed by atoms with Crippen molar-refractivity contribution in [3.8, 4) is 11.5 Å². The quantitative estimate of drug-likeness (QED) is 0.332. The maximum atomic E-state index is 12.9. The largest absolute Gasteiger partial charge is 0.485 e. The third-order valence-electron chi connectivity index (χ3n) is 7.81. The summed E-state index contributed by atoms with van der Waals surface area (Å²) in [6.45, 7) is 4.73. The average molecular weight is 543 g/mol. The van der Waals surface area contributed by atoms with E-state index in [9.17, 15) is 9.59 Å². The molecule has 1 heterocycles. The SMILES string of the molecule is CCCN1CCCC2Cc3c(ccc(OCc4ccccc4)c3OC(=O)NCC(=O)OCc3ccccc3)CC21. The molecule has 0 bridgehead atoms. The van der Waals surface area contributed by atoms with Crippen molar-refractivity contribution in [2.24, 2.45) is 5.92 Å². The van der Waals surface area contributed by atoms with Crippen molar-refractivity contribution in [2.75, 3.05) is 19.6 Å². The molecule has 0 aromatic heterocycles. The molecule has 2 aliphatic rings. The van der Waals surface area contributed by atoms with Crippen LogP contribution in [0, 0.1) is 5.92 Å². The van der Waals surface area contributed by atoms with Crippen molar-refractivity contribution in [1.82, 2.24) is 10.2 Å². The Kier molecular flexibility index (Phi) is 9.34. The molecule has 3 aromatic carbocycles. The Morgan fingerprint density at radius 1 is 0.925 bits per heavy atom. The Labute approximate surface area is 236 Å². The lowest BCUT2D eigenvalue weighted by Crippen LogP contribution is -2.49. The van der Waals surface area contributed by atoms with E-state index in [1.165, 1.54) is 12.0 Å². The van der Waals surface area contributed by atoms with Gasteiger partial charge >= 0.3 is 12.1 Å². The highest BCUT2D eigenvalue weighted by atomic mass is 16.6. The summed E-state index contributed by atoms with van der Waals surface area (Å²) >= 11 is 0. The van der Waals surface area contributed by atoms with Gasteiger partial charge in [0.1, 0.15) is 19.8 Å². The number of fused-ring (bicyclic) bond motifs is 2.